The highest BCUT2D eigenvalue weighted by Gasteiger charge is 2.13. The number of hydrogen-bond donors (Lipinski definition) is 2. The highest BCUT2D eigenvalue weighted by molar-refractivity contribution is 9.10. The van der Waals surface area contributed by atoms with E-state index in [1.165, 1.54) is 11.8 Å². The molecule has 0 aliphatic rings. The molecule has 0 fully saturated rings. The Morgan fingerprint density at radius 3 is 2.50 bits per heavy atom. The summed E-state index contributed by atoms with van der Waals surface area (Å²) in [5.74, 6) is 0.607. The van der Waals surface area contributed by atoms with Gasteiger partial charge in [-0.15, -0.1) is 0 Å². The van der Waals surface area contributed by atoms with E-state index in [1.807, 2.05) is 31.2 Å². The van der Waals surface area contributed by atoms with E-state index in [1.54, 1.807) is 12.1 Å². The third-order valence-corrected chi connectivity index (χ3v) is 4.45. The van der Waals surface area contributed by atoms with Crippen molar-refractivity contribution in [3.63, 3.8) is 0 Å². The molecule has 6 nitrogen and oxygen atoms in total. The van der Waals surface area contributed by atoms with E-state index in [0.717, 1.165) is 0 Å². The van der Waals surface area contributed by atoms with Crippen molar-refractivity contribution in [2.45, 2.75) is 33.1 Å². The van der Waals surface area contributed by atoms with Gasteiger partial charge in [-0.3, -0.25) is 4.79 Å². The molecule has 0 aromatic heterocycles. The number of phenolic OH excluding ortho intramolecular Hbond substituents is 1. The third kappa shape index (κ3) is 6.27. The first kappa shape index (κ1) is 21.8. The lowest BCUT2D eigenvalue weighted by molar-refractivity contribution is -0.123. The Labute approximate surface area is 173 Å². The zero-order valence-electron chi connectivity index (χ0n) is 16.5. The van der Waals surface area contributed by atoms with E-state index in [0.29, 0.717) is 28.1 Å². The number of hydrazone groups is 1. The topological polar surface area (TPSA) is 80.2 Å². The molecule has 0 atom stereocenters. The molecule has 0 unspecified atom stereocenters. The zero-order chi connectivity index (χ0) is 20.7. The number of nitrogens with one attached hydrogen (secondary N) is 1. The molecule has 0 saturated carbocycles. The van der Waals surface area contributed by atoms with E-state index < -0.39 is 0 Å². The summed E-state index contributed by atoms with van der Waals surface area (Å²) in [4.78, 5) is 11.9. The van der Waals surface area contributed by atoms with Gasteiger partial charge >= 0.3 is 0 Å². The quantitative estimate of drug-likeness (QED) is 0.486. The number of rotatable bonds is 7. The summed E-state index contributed by atoms with van der Waals surface area (Å²) in [5, 5.41) is 13.8. The number of halogens is 1. The van der Waals surface area contributed by atoms with Gasteiger partial charge in [0, 0.05) is 0 Å². The van der Waals surface area contributed by atoms with Crippen LogP contribution in [-0.4, -0.2) is 30.4 Å². The summed E-state index contributed by atoms with van der Waals surface area (Å²) in [6.45, 7) is 8.51. The van der Waals surface area contributed by atoms with E-state index >= 15 is 0 Å². The number of carbonyl (C=O) groups excluding carboxylic acids is 1. The van der Waals surface area contributed by atoms with Crippen LogP contribution in [0.15, 0.2) is 46.0 Å². The Bertz CT molecular complexity index is 843. The Balaban J connectivity index is 1.88. The molecule has 0 saturated heterocycles. The lowest BCUT2D eigenvalue weighted by Gasteiger charge is -2.19. The fraction of sp³-hybridized carbons (Fsp3) is 0.333. The number of nitrogens with zero attached hydrogens (tertiary/aromatic N) is 1. The first-order chi connectivity index (χ1) is 13.2. The Morgan fingerprint density at radius 2 is 1.89 bits per heavy atom. The molecule has 7 heteroatoms. The monoisotopic (exact) mass is 448 g/mol. The number of amides is 1. The molecule has 2 aromatic rings. The van der Waals surface area contributed by atoms with E-state index in [2.05, 4.69) is 47.2 Å². The van der Waals surface area contributed by atoms with Gasteiger partial charge in [0.1, 0.15) is 5.75 Å². The van der Waals surface area contributed by atoms with Gasteiger partial charge in [0.2, 0.25) is 0 Å². The Hall–Kier alpha value is -2.54. The maximum atomic E-state index is 11.9. The van der Waals surface area contributed by atoms with Gasteiger partial charge in [-0.1, -0.05) is 32.9 Å². The van der Waals surface area contributed by atoms with Crippen LogP contribution in [0.25, 0.3) is 0 Å². The molecule has 1 amide bonds. The second-order valence-electron chi connectivity index (χ2n) is 7.14. The van der Waals surface area contributed by atoms with Crippen molar-refractivity contribution >= 4 is 28.1 Å². The third-order valence-electron chi connectivity index (χ3n) is 3.84. The normalized spacial score (nSPS) is 11.5. The van der Waals surface area contributed by atoms with Crippen molar-refractivity contribution in [2.75, 3.05) is 13.2 Å². The zero-order valence-corrected chi connectivity index (χ0v) is 18.0. The van der Waals surface area contributed by atoms with Crippen molar-refractivity contribution in [1.82, 2.24) is 5.43 Å². The van der Waals surface area contributed by atoms with Gasteiger partial charge in [0.25, 0.3) is 5.91 Å². The number of benzene rings is 2. The predicted octanol–water partition coefficient (Wildman–Crippen LogP) is 4.38. The minimum Gasteiger partial charge on any atom is -0.503 e. The Morgan fingerprint density at radius 1 is 1.21 bits per heavy atom. The molecule has 2 N–H and O–H groups in total. The van der Waals surface area contributed by atoms with Crippen LogP contribution in [0, 0.1) is 0 Å². The molecule has 0 aliphatic carbocycles. The highest BCUT2D eigenvalue weighted by atomic mass is 79.9. The van der Waals surface area contributed by atoms with Gasteiger partial charge in [-0.05, 0) is 63.7 Å². The molecule has 0 spiro atoms. The summed E-state index contributed by atoms with van der Waals surface area (Å²) >= 11 is 3.26. The van der Waals surface area contributed by atoms with E-state index in [9.17, 15) is 9.90 Å². The number of hydrogen-bond acceptors (Lipinski definition) is 5. The number of ether oxygens (including phenoxy) is 2. The average molecular weight is 449 g/mol. The SMILES string of the molecule is CCOc1cc(/C=N/NC(=O)COc2ccc(C(C)(C)C)cc2)cc(Br)c1O. The van der Waals surface area contributed by atoms with Crippen molar-refractivity contribution in [3.8, 4) is 17.2 Å². The lowest BCUT2D eigenvalue weighted by Crippen LogP contribution is -2.24. The minimum atomic E-state index is -0.376. The van der Waals surface area contributed by atoms with Crippen LogP contribution >= 0.6 is 15.9 Å². The molecule has 150 valence electrons. The molecule has 0 radical (unpaired) electrons. The van der Waals surface area contributed by atoms with Gasteiger partial charge < -0.3 is 14.6 Å². The van der Waals surface area contributed by atoms with Gasteiger partial charge in [-0.25, -0.2) is 5.43 Å². The molecule has 0 bridgehead atoms. The van der Waals surface area contributed by atoms with Crippen LogP contribution in [0.3, 0.4) is 0 Å². The summed E-state index contributed by atoms with van der Waals surface area (Å²) in [6.07, 6.45) is 1.46. The highest BCUT2D eigenvalue weighted by Crippen LogP contribution is 2.35. The van der Waals surface area contributed by atoms with Crippen LogP contribution in [0.5, 0.6) is 17.2 Å². The van der Waals surface area contributed by atoms with Crippen molar-refractivity contribution in [1.29, 1.82) is 0 Å². The van der Waals surface area contributed by atoms with E-state index in [4.69, 9.17) is 9.47 Å². The van der Waals surface area contributed by atoms with E-state index in [-0.39, 0.29) is 23.7 Å². The number of aromatic hydroxyl groups is 1. The van der Waals surface area contributed by atoms with Crippen molar-refractivity contribution in [2.24, 2.45) is 5.10 Å². The van der Waals surface area contributed by atoms with Gasteiger partial charge in [0.05, 0.1) is 17.3 Å². The van der Waals surface area contributed by atoms with Crippen LogP contribution in [0.4, 0.5) is 0 Å². The number of carbonyl (C=O) groups is 1. The average Bonchev–Trinajstić information content (AvgIpc) is 2.64. The van der Waals surface area contributed by atoms with Crippen LogP contribution in [0.1, 0.15) is 38.8 Å². The largest absolute Gasteiger partial charge is 0.503 e. The number of phenols is 1. The second-order valence-corrected chi connectivity index (χ2v) is 7.99. The molecule has 2 rings (SSSR count). The van der Waals surface area contributed by atoms with Crippen LogP contribution in [0.2, 0.25) is 0 Å². The molecule has 0 heterocycles. The molecule has 28 heavy (non-hydrogen) atoms. The predicted molar refractivity (Wildman–Crippen MR) is 113 cm³/mol. The standard InChI is InChI=1S/C21H25BrN2O4/c1-5-27-18-11-14(10-17(22)20(18)26)12-23-24-19(25)13-28-16-8-6-15(7-9-16)21(2,3)4/h6-12,26H,5,13H2,1-4H3,(H,24,25)/b23-12+. The maximum Gasteiger partial charge on any atom is 0.277 e. The van der Waals surface area contributed by atoms with Gasteiger partial charge in [-0.2, -0.15) is 5.10 Å². The molecule has 0 aliphatic heterocycles. The first-order valence-electron chi connectivity index (χ1n) is 8.91. The van der Waals surface area contributed by atoms with Gasteiger partial charge in [0.15, 0.2) is 18.1 Å². The summed E-state index contributed by atoms with van der Waals surface area (Å²) in [6, 6.07) is 11.0. The summed E-state index contributed by atoms with van der Waals surface area (Å²) in [7, 11) is 0. The minimum absolute atomic E-state index is 0.0221. The van der Waals surface area contributed by atoms with Crippen LogP contribution in [-0.2, 0) is 10.2 Å². The fourth-order valence-electron chi connectivity index (χ4n) is 2.34. The molecular formula is C21H25BrN2O4. The Kier molecular flexibility index (Phi) is 7.45. The lowest BCUT2D eigenvalue weighted by atomic mass is 9.87. The van der Waals surface area contributed by atoms with Crippen molar-refractivity contribution in [3.05, 3.63) is 52.0 Å². The fourth-order valence-corrected chi connectivity index (χ4v) is 2.80. The maximum absolute atomic E-state index is 11.9. The first-order valence-corrected chi connectivity index (χ1v) is 9.70. The van der Waals surface area contributed by atoms with Crippen LogP contribution < -0.4 is 14.9 Å². The summed E-state index contributed by atoms with van der Waals surface area (Å²) in [5.41, 5.74) is 4.33. The summed E-state index contributed by atoms with van der Waals surface area (Å²) < 4.78 is 11.3. The second kappa shape index (κ2) is 9.59. The smallest absolute Gasteiger partial charge is 0.277 e. The molecular weight excluding hydrogens is 424 g/mol. The molecule has 2 aromatic carbocycles. The van der Waals surface area contributed by atoms with Crippen molar-refractivity contribution < 1.29 is 19.4 Å².